The summed E-state index contributed by atoms with van der Waals surface area (Å²) in [5, 5.41) is 0. The van der Waals surface area contributed by atoms with Crippen molar-refractivity contribution < 1.29 is 28.2 Å². The average Bonchev–Trinajstić information content (AvgIpc) is 2.39. The number of carbonyl (C=O) groups excluding carboxylic acids is 2. The third-order valence-electron chi connectivity index (χ3n) is 2.79. The molecule has 5 nitrogen and oxygen atoms in total. The van der Waals surface area contributed by atoms with Crippen molar-refractivity contribution in [2.24, 2.45) is 0 Å². The fraction of sp³-hybridized carbons (Fsp3) is 0.375. The van der Waals surface area contributed by atoms with Crippen LogP contribution < -0.4 is 4.74 Å². The molecule has 22 heavy (non-hydrogen) atoms. The number of benzene rings is 1. The molecule has 1 aliphatic heterocycles. The summed E-state index contributed by atoms with van der Waals surface area (Å²) in [4.78, 5) is 23.7. The maximum atomic E-state index is 13.6. The fourth-order valence-corrected chi connectivity index (χ4v) is 1.92. The van der Waals surface area contributed by atoms with E-state index in [1.165, 1.54) is 38.1 Å². The minimum atomic E-state index is -1.30. The lowest BCUT2D eigenvalue weighted by atomic mass is 10.1. The smallest absolute Gasteiger partial charge is 0.348 e. The number of hydrogen-bond donors (Lipinski definition) is 0. The van der Waals surface area contributed by atoms with Crippen LogP contribution in [0.25, 0.3) is 6.08 Å². The zero-order valence-electron chi connectivity index (χ0n) is 12.6. The second kappa shape index (κ2) is 6.17. The first-order valence-electron chi connectivity index (χ1n) is 6.92. The van der Waals surface area contributed by atoms with Gasteiger partial charge in [0.2, 0.25) is 0 Å². The third-order valence-corrected chi connectivity index (χ3v) is 2.79. The molecule has 0 N–H and O–H groups in total. The van der Waals surface area contributed by atoms with E-state index >= 15 is 0 Å². The van der Waals surface area contributed by atoms with Gasteiger partial charge in [-0.3, -0.25) is 0 Å². The Hall–Kier alpha value is -2.37. The van der Waals surface area contributed by atoms with Crippen molar-refractivity contribution in [1.29, 1.82) is 0 Å². The van der Waals surface area contributed by atoms with Crippen LogP contribution in [0.2, 0.25) is 0 Å². The molecule has 0 bridgehead atoms. The predicted molar refractivity (Wildman–Crippen MR) is 76.4 cm³/mol. The maximum absolute atomic E-state index is 13.6. The number of rotatable bonds is 4. The number of halogens is 1. The van der Waals surface area contributed by atoms with Gasteiger partial charge < -0.3 is 14.2 Å². The molecule has 2 rings (SSSR count). The van der Waals surface area contributed by atoms with Gasteiger partial charge in [-0.05, 0) is 30.2 Å². The van der Waals surface area contributed by atoms with Crippen molar-refractivity contribution in [3.8, 4) is 5.75 Å². The molecule has 1 aromatic rings. The summed E-state index contributed by atoms with van der Waals surface area (Å²) in [7, 11) is 0. The highest BCUT2D eigenvalue weighted by atomic mass is 19.1. The lowest BCUT2D eigenvalue weighted by molar-refractivity contribution is -0.222. The largest absolute Gasteiger partial charge is 0.493 e. The van der Waals surface area contributed by atoms with E-state index in [-0.39, 0.29) is 5.57 Å². The van der Waals surface area contributed by atoms with Gasteiger partial charge in [-0.2, -0.15) is 0 Å². The zero-order valence-corrected chi connectivity index (χ0v) is 12.6. The molecule has 0 aromatic heterocycles. The van der Waals surface area contributed by atoms with E-state index in [9.17, 15) is 14.0 Å². The summed E-state index contributed by atoms with van der Waals surface area (Å²) >= 11 is 0. The highest BCUT2D eigenvalue weighted by molar-refractivity contribution is 6.18. The summed E-state index contributed by atoms with van der Waals surface area (Å²) in [6.45, 7) is 5.28. The van der Waals surface area contributed by atoms with Gasteiger partial charge in [-0.1, -0.05) is 6.92 Å². The highest BCUT2D eigenvalue weighted by Gasteiger charge is 2.38. The number of esters is 2. The first kappa shape index (κ1) is 16.0. The van der Waals surface area contributed by atoms with E-state index in [0.29, 0.717) is 17.9 Å². The standard InChI is InChI=1S/C16H17FO5/c1-4-5-20-12-7-10(6-11(17)9-12)8-13-14(18)21-16(2,3)22-15(13)19/h6-9H,4-5H2,1-3H3. The molecule has 0 aliphatic carbocycles. The van der Waals surface area contributed by atoms with Crippen LogP contribution in [0.1, 0.15) is 32.8 Å². The Bertz CT molecular complexity index is 611. The normalized spacial score (nSPS) is 16.8. The molecule has 0 spiro atoms. The molecule has 1 aromatic carbocycles. The van der Waals surface area contributed by atoms with Gasteiger partial charge in [0, 0.05) is 19.9 Å². The number of carbonyl (C=O) groups is 2. The van der Waals surface area contributed by atoms with E-state index < -0.39 is 23.5 Å². The highest BCUT2D eigenvalue weighted by Crippen LogP contribution is 2.25. The first-order valence-corrected chi connectivity index (χ1v) is 6.92. The second-order valence-corrected chi connectivity index (χ2v) is 5.31. The van der Waals surface area contributed by atoms with E-state index in [1.54, 1.807) is 0 Å². The van der Waals surface area contributed by atoms with Gasteiger partial charge in [0.15, 0.2) is 0 Å². The number of ether oxygens (including phenoxy) is 3. The average molecular weight is 308 g/mol. The van der Waals surface area contributed by atoms with Crippen LogP contribution in [0.15, 0.2) is 23.8 Å². The van der Waals surface area contributed by atoms with E-state index in [2.05, 4.69) is 0 Å². The van der Waals surface area contributed by atoms with Gasteiger partial charge in [-0.25, -0.2) is 14.0 Å². The van der Waals surface area contributed by atoms with Crippen LogP contribution >= 0.6 is 0 Å². The van der Waals surface area contributed by atoms with E-state index in [1.807, 2.05) is 6.92 Å². The van der Waals surface area contributed by atoms with Crippen molar-refractivity contribution in [3.63, 3.8) is 0 Å². The predicted octanol–water partition coefficient (Wildman–Crippen LogP) is 2.83. The number of cyclic esters (lactones) is 2. The molecule has 0 saturated carbocycles. The number of hydrogen-bond acceptors (Lipinski definition) is 5. The Morgan fingerprint density at radius 3 is 2.41 bits per heavy atom. The van der Waals surface area contributed by atoms with Crippen molar-refractivity contribution in [3.05, 3.63) is 35.2 Å². The summed E-state index contributed by atoms with van der Waals surface area (Å²) in [6, 6.07) is 3.95. The molecule has 1 heterocycles. The Labute approximate surface area is 127 Å². The third kappa shape index (κ3) is 3.84. The Morgan fingerprint density at radius 1 is 1.18 bits per heavy atom. The molecule has 118 valence electrons. The minimum Gasteiger partial charge on any atom is -0.493 e. The van der Waals surface area contributed by atoms with E-state index in [4.69, 9.17) is 14.2 Å². The van der Waals surface area contributed by atoms with Gasteiger partial charge in [0.05, 0.1) is 6.61 Å². The van der Waals surface area contributed by atoms with Crippen LogP contribution in [-0.2, 0) is 19.1 Å². The maximum Gasteiger partial charge on any atom is 0.348 e. The summed E-state index contributed by atoms with van der Waals surface area (Å²) in [5.74, 6) is -3.11. The molecular formula is C16H17FO5. The van der Waals surface area contributed by atoms with Crippen LogP contribution in [0.5, 0.6) is 5.75 Å². The van der Waals surface area contributed by atoms with Gasteiger partial charge in [-0.15, -0.1) is 0 Å². The van der Waals surface area contributed by atoms with Crippen molar-refractivity contribution in [2.75, 3.05) is 6.61 Å². The Kier molecular flexibility index (Phi) is 4.49. The van der Waals surface area contributed by atoms with E-state index in [0.717, 1.165) is 6.42 Å². The van der Waals surface area contributed by atoms with Gasteiger partial charge in [0.1, 0.15) is 17.1 Å². The first-order chi connectivity index (χ1) is 10.3. The summed E-state index contributed by atoms with van der Waals surface area (Å²) < 4.78 is 28.9. The minimum absolute atomic E-state index is 0.286. The fourth-order valence-electron chi connectivity index (χ4n) is 1.92. The van der Waals surface area contributed by atoms with Crippen molar-refractivity contribution in [1.82, 2.24) is 0 Å². The quantitative estimate of drug-likeness (QED) is 0.486. The monoisotopic (exact) mass is 308 g/mol. The van der Waals surface area contributed by atoms with Crippen LogP contribution in [0.4, 0.5) is 4.39 Å². The van der Waals surface area contributed by atoms with Crippen molar-refractivity contribution in [2.45, 2.75) is 33.0 Å². The molecule has 0 unspecified atom stereocenters. The summed E-state index contributed by atoms with van der Waals surface area (Å²) in [5.41, 5.74) is 0.0288. The Balaban J connectivity index is 2.30. The lowest BCUT2D eigenvalue weighted by Gasteiger charge is -2.29. The molecular weight excluding hydrogens is 291 g/mol. The SMILES string of the molecule is CCCOc1cc(F)cc(C=C2C(=O)OC(C)(C)OC2=O)c1. The lowest BCUT2D eigenvalue weighted by Crippen LogP contribution is -2.41. The van der Waals surface area contributed by atoms with Gasteiger partial charge in [0.25, 0.3) is 5.79 Å². The van der Waals surface area contributed by atoms with Crippen LogP contribution in [0, 0.1) is 5.82 Å². The molecule has 0 radical (unpaired) electrons. The van der Waals surface area contributed by atoms with Crippen LogP contribution in [-0.4, -0.2) is 24.3 Å². The molecule has 1 fully saturated rings. The second-order valence-electron chi connectivity index (χ2n) is 5.31. The molecule has 6 heteroatoms. The topological polar surface area (TPSA) is 61.8 Å². The molecule has 1 saturated heterocycles. The molecule has 1 aliphatic rings. The van der Waals surface area contributed by atoms with Gasteiger partial charge >= 0.3 is 11.9 Å². The summed E-state index contributed by atoms with van der Waals surface area (Å²) in [6.07, 6.45) is 2.00. The molecule has 0 atom stereocenters. The van der Waals surface area contributed by atoms with Crippen molar-refractivity contribution >= 4 is 18.0 Å². The molecule has 0 amide bonds. The van der Waals surface area contributed by atoms with Crippen LogP contribution in [0.3, 0.4) is 0 Å². The zero-order chi connectivity index (χ0) is 16.3. The Morgan fingerprint density at radius 2 is 1.82 bits per heavy atom.